The quantitative estimate of drug-likeness (QED) is 0.210. The van der Waals surface area contributed by atoms with Gasteiger partial charge in [0.15, 0.2) is 4.80 Å². The zero-order valence-electron chi connectivity index (χ0n) is 23.4. The third-order valence-corrected chi connectivity index (χ3v) is 8.27. The Labute approximate surface area is 260 Å². The smallest absolute Gasteiger partial charge is 0.338 e. The van der Waals surface area contributed by atoms with Crippen molar-refractivity contribution in [2.24, 2.45) is 4.99 Å². The van der Waals surface area contributed by atoms with E-state index < -0.39 is 12.0 Å². The van der Waals surface area contributed by atoms with E-state index in [1.54, 1.807) is 44.6 Å². The van der Waals surface area contributed by atoms with Gasteiger partial charge in [-0.15, -0.1) is 0 Å². The van der Waals surface area contributed by atoms with Gasteiger partial charge in [0.05, 0.1) is 29.0 Å². The summed E-state index contributed by atoms with van der Waals surface area (Å²) in [6.07, 6.45) is 1.46. The van der Waals surface area contributed by atoms with E-state index in [0.717, 1.165) is 15.6 Å². The molecule has 0 saturated heterocycles. The Morgan fingerprint density at radius 2 is 1.90 bits per heavy atom. The lowest BCUT2D eigenvalue weighted by Crippen LogP contribution is -2.40. The summed E-state index contributed by atoms with van der Waals surface area (Å²) in [4.78, 5) is 32.6. The summed E-state index contributed by atoms with van der Waals surface area (Å²) < 4.78 is 20.0. The molecule has 0 bridgehead atoms. The molecule has 0 saturated carbocycles. The van der Waals surface area contributed by atoms with E-state index in [1.807, 2.05) is 60.7 Å². The maximum Gasteiger partial charge on any atom is 0.338 e. The fourth-order valence-corrected chi connectivity index (χ4v) is 6.22. The second-order valence-electron chi connectivity index (χ2n) is 9.91. The van der Waals surface area contributed by atoms with E-state index in [9.17, 15) is 9.59 Å². The van der Waals surface area contributed by atoms with Gasteiger partial charge in [-0.1, -0.05) is 63.1 Å². The molecule has 3 aromatic carbocycles. The summed E-state index contributed by atoms with van der Waals surface area (Å²) in [6.45, 7) is 5.70. The van der Waals surface area contributed by atoms with Crippen LogP contribution in [-0.2, 0) is 16.1 Å². The van der Waals surface area contributed by atoms with Crippen molar-refractivity contribution in [2.45, 2.75) is 39.5 Å². The number of thiazole rings is 1. The highest BCUT2D eigenvalue weighted by Crippen LogP contribution is 2.37. The fourth-order valence-electron chi connectivity index (χ4n) is 4.67. The van der Waals surface area contributed by atoms with Gasteiger partial charge < -0.3 is 14.2 Å². The van der Waals surface area contributed by atoms with Crippen LogP contribution in [0.4, 0.5) is 0 Å². The molecule has 0 spiro atoms. The maximum atomic E-state index is 14.0. The highest BCUT2D eigenvalue weighted by atomic mass is 79.9. The molecule has 0 fully saturated rings. The molecule has 5 rings (SSSR count). The SMILES string of the molecule is COc1ccc(Br)cc1[C@H]1C(C(=O)OC(C)C)=C(C)N=c2s/c(=C\c3cccc(OCc4ccc(Cl)cc4)c3)c(=O)n21. The molecule has 0 aliphatic carbocycles. The number of benzene rings is 3. The molecule has 0 radical (unpaired) electrons. The molecule has 1 aliphatic heterocycles. The normalized spacial score (nSPS) is 14.9. The number of rotatable bonds is 8. The summed E-state index contributed by atoms with van der Waals surface area (Å²) >= 11 is 10.8. The van der Waals surface area contributed by atoms with Gasteiger partial charge in [-0.3, -0.25) is 9.36 Å². The Balaban J connectivity index is 1.58. The second kappa shape index (κ2) is 12.7. The van der Waals surface area contributed by atoms with E-state index in [4.69, 9.17) is 25.8 Å². The first-order valence-electron chi connectivity index (χ1n) is 13.2. The van der Waals surface area contributed by atoms with Gasteiger partial charge in [-0.25, -0.2) is 9.79 Å². The molecule has 0 N–H and O–H groups in total. The average Bonchev–Trinajstić information content (AvgIpc) is 3.25. The molecular formula is C32H28BrClN2O5S. The number of fused-ring (bicyclic) bond motifs is 1. The Bertz CT molecular complexity index is 1860. The van der Waals surface area contributed by atoms with Crippen LogP contribution >= 0.6 is 38.9 Å². The lowest BCUT2D eigenvalue weighted by atomic mass is 9.95. The van der Waals surface area contributed by atoms with Crippen molar-refractivity contribution in [1.29, 1.82) is 0 Å². The van der Waals surface area contributed by atoms with Gasteiger partial charge in [0, 0.05) is 15.1 Å². The monoisotopic (exact) mass is 666 g/mol. The number of methoxy groups -OCH3 is 1. The predicted octanol–water partition coefficient (Wildman–Crippen LogP) is 6.19. The topological polar surface area (TPSA) is 79.1 Å². The minimum Gasteiger partial charge on any atom is -0.496 e. The van der Waals surface area contributed by atoms with Gasteiger partial charge in [-0.05, 0) is 80.4 Å². The molecule has 216 valence electrons. The van der Waals surface area contributed by atoms with Gasteiger partial charge in [-0.2, -0.15) is 0 Å². The first-order valence-corrected chi connectivity index (χ1v) is 15.2. The van der Waals surface area contributed by atoms with Crippen molar-refractivity contribution in [3.05, 3.63) is 124 Å². The Morgan fingerprint density at radius 1 is 1.14 bits per heavy atom. The van der Waals surface area contributed by atoms with Crippen molar-refractivity contribution in [3.8, 4) is 11.5 Å². The number of esters is 1. The molecule has 1 atom stereocenters. The van der Waals surface area contributed by atoms with Crippen LogP contribution in [0, 0.1) is 0 Å². The lowest BCUT2D eigenvalue weighted by molar-refractivity contribution is -0.143. The Kier molecular flexibility index (Phi) is 9.01. The number of hydrogen-bond donors (Lipinski definition) is 0. The predicted molar refractivity (Wildman–Crippen MR) is 168 cm³/mol. The number of carbonyl (C=O) groups excluding carboxylic acids is 1. The van der Waals surface area contributed by atoms with Gasteiger partial charge >= 0.3 is 5.97 Å². The minimum absolute atomic E-state index is 0.277. The second-order valence-corrected chi connectivity index (χ2v) is 12.3. The first kappa shape index (κ1) is 29.8. The van der Waals surface area contributed by atoms with Gasteiger partial charge in [0.2, 0.25) is 0 Å². The molecule has 2 heterocycles. The summed E-state index contributed by atoms with van der Waals surface area (Å²) in [7, 11) is 1.56. The summed E-state index contributed by atoms with van der Waals surface area (Å²) in [6, 6.07) is 19.7. The Hall–Kier alpha value is -3.66. The molecule has 1 aliphatic rings. The summed E-state index contributed by atoms with van der Waals surface area (Å²) in [5.41, 5.74) is 2.92. The van der Waals surface area contributed by atoms with Gasteiger partial charge in [0.1, 0.15) is 24.1 Å². The standard InChI is InChI=1S/C32H28BrClN2O5S/c1-18(2)41-31(38)28-19(3)35-32-36(29(28)25-16-22(33)10-13-26(25)39-4)30(37)27(42-32)15-21-6-5-7-24(14-21)40-17-20-8-11-23(34)12-9-20/h5-16,18,29H,17H2,1-4H3/b27-15-/t29-/m0/s1. The van der Waals surface area contributed by atoms with E-state index in [0.29, 0.717) is 43.7 Å². The molecule has 0 amide bonds. The molecule has 42 heavy (non-hydrogen) atoms. The summed E-state index contributed by atoms with van der Waals surface area (Å²) in [5, 5.41) is 0.668. The molecule has 4 aromatic rings. The van der Waals surface area contributed by atoms with E-state index in [-0.39, 0.29) is 17.2 Å². The number of halogens is 2. The molecule has 1 aromatic heterocycles. The van der Waals surface area contributed by atoms with Crippen LogP contribution in [0.15, 0.2) is 92.3 Å². The van der Waals surface area contributed by atoms with Crippen LogP contribution in [0.2, 0.25) is 5.02 Å². The average molecular weight is 668 g/mol. The molecule has 0 unspecified atom stereocenters. The van der Waals surface area contributed by atoms with Crippen molar-refractivity contribution >= 4 is 50.9 Å². The highest BCUT2D eigenvalue weighted by Gasteiger charge is 2.35. The number of nitrogens with zero attached hydrogens (tertiary/aromatic N) is 2. The number of aromatic nitrogens is 1. The number of hydrogen-bond acceptors (Lipinski definition) is 7. The molecule has 10 heteroatoms. The number of carbonyl (C=O) groups is 1. The molecule has 7 nitrogen and oxygen atoms in total. The zero-order chi connectivity index (χ0) is 30.0. The third kappa shape index (κ3) is 6.38. The maximum absolute atomic E-state index is 14.0. The highest BCUT2D eigenvalue weighted by molar-refractivity contribution is 9.10. The van der Waals surface area contributed by atoms with Crippen LogP contribution in [0.5, 0.6) is 11.5 Å². The largest absolute Gasteiger partial charge is 0.496 e. The Morgan fingerprint density at radius 3 is 2.62 bits per heavy atom. The van der Waals surface area contributed by atoms with E-state index in [2.05, 4.69) is 20.9 Å². The van der Waals surface area contributed by atoms with Gasteiger partial charge in [0.25, 0.3) is 5.56 Å². The van der Waals surface area contributed by atoms with Crippen molar-refractivity contribution in [3.63, 3.8) is 0 Å². The van der Waals surface area contributed by atoms with Crippen LogP contribution in [0.1, 0.15) is 43.5 Å². The van der Waals surface area contributed by atoms with Crippen molar-refractivity contribution in [2.75, 3.05) is 7.11 Å². The summed E-state index contributed by atoms with van der Waals surface area (Å²) in [5.74, 6) is 0.670. The van der Waals surface area contributed by atoms with Crippen LogP contribution in [0.25, 0.3) is 6.08 Å². The van der Waals surface area contributed by atoms with E-state index >= 15 is 0 Å². The van der Waals surface area contributed by atoms with Crippen molar-refractivity contribution < 1.29 is 19.0 Å². The van der Waals surface area contributed by atoms with Crippen LogP contribution in [0.3, 0.4) is 0 Å². The molecular weight excluding hydrogens is 640 g/mol. The van der Waals surface area contributed by atoms with E-state index in [1.165, 1.54) is 11.3 Å². The first-order chi connectivity index (χ1) is 20.1. The third-order valence-electron chi connectivity index (χ3n) is 6.55. The van der Waals surface area contributed by atoms with Crippen LogP contribution in [-0.4, -0.2) is 23.8 Å². The number of allylic oxidation sites excluding steroid dienone is 1. The van der Waals surface area contributed by atoms with Crippen molar-refractivity contribution in [1.82, 2.24) is 4.57 Å². The fraction of sp³-hybridized carbons (Fsp3) is 0.219. The number of ether oxygens (including phenoxy) is 3. The minimum atomic E-state index is -0.795. The van der Waals surface area contributed by atoms with Crippen LogP contribution < -0.4 is 24.4 Å². The lowest BCUT2D eigenvalue weighted by Gasteiger charge is -2.26. The zero-order valence-corrected chi connectivity index (χ0v) is 26.5.